The summed E-state index contributed by atoms with van der Waals surface area (Å²) in [7, 11) is 0. The first-order chi connectivity index (χ1) is 5.33. The third-order valence-corrected chi connectivity index (χ3v) is 1.49. The molecule has 0 aromatic rings. The van der Waals surface area contributed by atoms with E-state index in [-0.39, 0.29) is 12.1 Å². The lowest BCUT2D eigenvalue weighted by Crippen LogP contribution is -2.05. The van der Waals surface area contributed by atoms with Crippen molar-refractivity contribution in [2.24, 2.45) is 0 Å². The van der Waals surface area contributed by atoms with E-state index in [1.54, 1.807) is 6.08 Å². The zero-order valence-electron chi connectivity index (χ0n) is 6.62. The molecule has 0 spiro atoms. The number of hydrogen-bond donors (Lipinski definition) is 0. The average Bonchev–Trinajstić information content (AvgIpc) is 2.37. The van der Waals surface area contributed by atoms with Crippen LogP contribution in [-0.4, -0.2) is 12.1 Å². The number of rotatable bonds is 3. The van der Waals surface area contributed by atoms with Gasteiger partial charge in [-0.25, -0.2) is 4.79 Å². The van der Waals surface area contributed by atoms with Gasteiger partial charge in [0.25, 0.3) is 0 Å². The minimum Gasteiger partial charge on any atom is -0.455 e. The quantitative estimate of drug-likeness (QED) is 0.455. The summed E-state index contributed by atoms with van der Waals surface area (Å²) in [5.41, 5.74) is 0. The van der Waals surface area contributed by atoms with Gasteiger partial charge in [-0.3, -0.25) is 0 Å². The van der Waals surface area contributed by atoms with Crippen molar-refractivity contribution in [3.05, 3.63) is 24.3 Å². The Morgan fingerprint density at radius 1 is 1.64 bits per heavy atom. The molecule has 0 radical (unpaired) electrons. The second-order valence-electron chi connectivity index (χ2n) is 2.45. The van der Waals surface area contributed by atoms with Crippen LogP contribution in [-0.2, 0) is 9.53 Å². The van der Waals surface area contributed by atoms with E-state index in [9.17, 15) is 4.79 Å². The highest BCUT2D eigenvalue weighted by atomic mass is 16.5. The number of cyclic esters (lactones) is 1. The first-order valence-electron chi connectivity index (χ1n) is 3.86. The Bertz CT molecular complexity index is 192. The number of allylic oxidation sites excluding steroid dienone is 1. The number of carbonyl (C=O) groups excluding carboxylic acids is 1. The van der Waals surface area contributed by atoms with Gasteiger partial charge in [0.1, 0.15) is 6.10 Å². The molecule has 0 saturated carbocycles. The van der Waals surface area contributed by atoms with E-state index in [1.165, 1.54) is 6.08 Å². The van der Waals surface area contributed by atoms with Crippen molar-refractivity contribution in [3.8, 4) is 0 Å². The summed E-state index contributed by atoms with van der Waals surface area (Å²) in [5.74, 6) is -0.222. The van der Waals surface area contributed by atoms with Crippen molar-refractivity contribution < 1.29 is 9.53 Å². The maximum Gasteiger partial charge on any atom is 0.331 e. The largest absolute Gasteiger partial charge is 0.455 e. The van der Waals surface area contributed by atoms with Crippen LogP contribution < -0.4 is 0 Å². The van der Waals surface area contributed by atoms with Gasteiger partial charge in [-0.1, -0.05) is 19.1 Å². The summed E-state index contributed by atoms with van der Waals surface area (Å²) in [6.07, 6.45) is 9.19. The van der Waals surface area contributed by atoms with Gasteiger partial charge >= 0.3 is 5.97 Å². The van der Waals surface area contributed by atoms with Crippen LogP contribution in [0.1, 0.15) is 19.8 Å². The van der Waals surface area contributed by atoms with Crippen LogP contribution in [0.2, 0.25) is 0 Å². The van der Waals surface area contributed by atoms with Gasteiger partial charge in [0.05, 0.1) is 0 Å². The van der Waals surface area contributed by atoms with Crippen LogP contribution in [0.3, 0.4) is 0 Å². The first-order valence-corrected chi connectivity index (χ1v) is 3.86. The molecule has 11 heavy (non-hydrogen) atoms. The van der Waals surface area contributed by atoms with Crippen molar-refractivity contribution >= 4 is 5.97 Å². The number of carbonyl (C=O) groups is 1. The topological polar surface area (TPSA) is 26.3 Å². The summed E-state index contributed by atoms with van der Waals surface area (Å²) in [6.45, 7) is 2.08. The molecule has 60 valence electrons. The molecule has 1 aliphatic rings. The fourth-order valence-corrected chi connectivity index (χ4v) is 0.937. The van der Waals surface area contributed by atoms with Crippen molar-refractivity contribution in [1.82, 2.24) is 0 Å². The molecule has 0 unspecified atom stereocenters. The minimum absolute atomic E-state index is 0.0229. The second kappa shape index (κ2) is 3.96. The Morgan fingerprint density at radius 2 is 2.45 bits per heavy atom. The van der Waals surface area contributed by atoms with Gasteiger partial charge in [-0.05, 0) is 12.5 Å². The van der Waals surface area contributed by atoms with Gasteiger partial charge in [0.15, 0.2) is 0 Å². The van der Waals surface area contributed by atoms with Crippen LogP contribution in [0.5, 0.6) is 0 Å². The zero-order valence-corrected chi connectivity index (χ0v) is 6.62. The van der Waals surface area contributed by atoms with Crippen LogP contribution in [0.25, 0.3) is 0 Å². The standard InChI is InChI=1S/C9H12O2/c1-2-3-4-5-8-6-7-9(10)11-8/h3-4,6-8H,2,5H2,1H3/b4-3-/t8-/m0/s1. The predicted molar refractivity (Wildman–Crippen MR) is 43.1 cm³/mol. The summed E-state index contributed by atoms with van der Waals surface area (Å²) in [5, 5.41) is 0. The highest BCUT2D eigenvalue weighted by Crippen LogP contribution is 2.09. The third-order valence-electron chi connectivity index (χ3n) is 1.49. The van der Waals surface area contributed by atoms with Gasteiger partial charge in [0, 0.05) is 12.5 Å². The van der Waals surface area contributed by atoms with Crippen molar-refractivity contribution in [2.75, 3.05) is 0 Å². The van der Waals surface area contributed by atoms with Crippen molar-refractivity contribution in [3.63, 3.8) is 0 Å². The molecule has 0 saturated heterocycles. The van der Waals surface area contributed by atoms with E-state index in [0.717, 1.165) is 12.8 Å². The Hall–Kier alpha value is -1.05. The molecule has 1 aliphatic heterocycles. The number of ether oxygens (including phenoxy) is 1. The molecule has 0 bridgehead atoms. The molecule has 2 nitrogen and oxygen atoms in total. The maximum absolute atomic E-state index is 10.6. The lowest BCUT2D eigenvalue weighted by Gasteiger charge is -2.02. The van der Waals surface area contributed by atoms with Gasteiger partial charge in [0.2, 0.25) is 0 Å². The van der Waals surface area contributed by atoms with Crippen molar-refractivity contribution in [1.29, 1.82) is 0 Å². The fourth-order valence-electron chi connectivity index (χ4n) is 0.937. The lowest BCUT2D eigenvalue weighted by molar-refractivity contribution is -0.138. The number of esters is 1. The SMILES string of the molecule is CC/C=C\C[C@H]1C=CC(=O)O1. The summed E-state index contributed by atoms with van der Waals surface area (Å²) >= 11 is 0. The molecule has 0 N–H and O–H groups in total. The molecular formula is C9H12O2. The fraction of sp³-hybridized carbons (Fsp3) is 0.444. The van der Waals surface area contributed by atoms with Gasteiger partial charge < -0.3 is 4.74 Å². The van der Waals surface area contributed by atoms with E-state index in [4.69, 9.17) is 4.74 Å². The molecule has 2 heteroatoms. The minimum atomic E-state index is -0.222. The molecule has 0 aliphatic carbocycles. The highest BCUT2D eigenvalue weighted by molar-refractivity contribution is 5.84. The van der Waals surface area contributed by atoms with Crippen LogP contribution in [0.4, 0.5) is 0 Å². The average molecular weight is 152 g/mol. The summed E-state index contributed by atoms with van der Waals surface area (Å²) in [6, 6.07) is 0. The Balaban J connectivity index is 2.24. The number of hydrogen-bond acceptors (Lipinski definition) is 2. The highest BCUT2D eigenvalue weighted by Gasteiger charge is 2.13. The second-order valence-corrected chi connectivity index (χ2v) is 2.45. The van der Waals surface area contributed by atoms with Gasteiger partial charge in [-0.2, -0.15) is 0 Å². The van der Waals surface area contributed by atoms with Crippen LogP contribution in [0.15, 0.2) is 24.3 Å². The zero-order chi connectivity index (χ0) is 8.10. The molecule has 0 fully saturated rings. The molecular weight excluding hydrogens is 140 g/mol. The van der Waals surface area contributed by atoms with E-state index in [1.807, 2.05) is 6.08 Å². The molecule has 0 aromatic heterocycles. The monoisotopic (exact) mass is 152 g/mol. The van der Waals surface area contributed by atoms with Crippen LogP contribution >= 0.6 is 0 Å². The van der Waals surface area contributed by atoms with E-state index < -0.39 is 0 Å². The Morgan fingerprint density at radius 3 is 3.00 bits per heavy atom. The molecule has 1 heterocycles. The molecule has 1 atom stereocenters. The summed E-state index contributed by atoms with van der Waals surface area (Å²) in [4.78, 5) is 10.6. The van der Waals surface area contributed by atoms with Gasteiger partial charge in [-0.15, -0.1) is 0 Å². The van der Waals surface area contributed by atoms with Crippen LogP contribution in [0, 0.1) is 0 Å². The van der Waals surface area contributed by atoms with E-state index in [2.05, 4.69) is 13.0 Å². The van der Waals surface area contributed by atoms with E-state index in [0.29, 0.717) is 0 Å². The molecule has 0 amide bonds. The first kappa shape index (κ1) is 8.05. The van der Waals surface area contributed by atoms with E-state index >= 15 is 0 Å². The Kier molecular flexibility index (Phi) is 2.90. The Labute approximate surface area is 66.5 Å². The van der Waals surface area contributed by atoms with Crippen molar-refractivity contribution in [2.45, 2.75) is 25.9 Å². The summed E-state index contributed by atoms with van der Waals surface area (Å²) < 4.78 is 4.91. The molecule has 0 aromatic carbocycles. The smallest absolute Gasteiger partial charge is 0.331 e. The lowest BCUT2D eigenvalue weighted by atomic mass is 10.2. The normalized spacial score (nSPS) is 23.0. The third kappa shape index (κ3) is 2.58. The molecule has 1 rings (SSSR count). The maximum atomic E-state index is 10.6. The predicted octanol–water partition coefficient (Wildman–Crippen LogP) is 1.82.